The quantitative estimate of drug-likeness (QED) is 0.635. The van der Waals surface area contributed by atoms with E-state index in [1.54, 1.807) is 4.90 Å². The van der Waals surface area contributed by atoms with E-state index in [2.05, 4.69) is 19.1 Å². The Kier molecular flexibility index (Phi) is 2.12. The lowest BCUT2D eigenvalue weighted by Gasteiger charge is -2.32. The lowest BCUT2D eigenvalue weighted by atomic mass is 9.87. The predicted octanol–water partition coefficient (Wildman–Crippen LogP) is 1.70. The summed E-state index contributed by atoms with van der Waals surface area (Å²) < 4.78 is 0. The Morgan fingerprint density at radius 2 is 2.00 bits per heavy atom. The summed E-state index contributed by atoms with van der Waals surface area (Å²) in [7, 11) is 0. The Bertz CT molecular complexity index is 533. The molecule has 0 saturated carbocycles. The Hall–Kier alpha value is -1.64. The molecule has 2 heterocycles. The van der Waals surface area contributed by atoms with E-state index in [0.717, 1.165) is 17.5 Å². The molecule has 2 aliphatic rings. The highest BCUT2D eigenvalue weighted by molar-refractivity contribution is 6.08. The number of aryl methyl sites for hydroxylation is 2. The van der Waals surface area contributed by atoms with Gasteiger partial charge in [0.15, 0.2) is 5.78 Å². The van der Waals surface area contributed by atoms with Crippen molar-refractivity contribution in [3.63, 3.8) is 0 Å². The zero-order valence-corrected chi connectivity index (χ0v) is 10.1. The largest absolute Gasteiger partial charge is 0.328 e. The third kappa shape index (κ3) is 1.42. The summed E-state index contributed by atoms with van der Waals surface area (Å²) in [4.78, 5) is 25.4. The molecule has 1 unspecified atom stereocenters. The van der Waals surface area contributed by atoms with Crippen molar-refractivity contribution in [2.45, 2.75) is 32.7 Å². The van der Waals surface area contributed by atoms with Crippen molar-refractivity contribution in [3.05, 3.63) is 34.4 Å². The molecule has 88 valence electrons. The normalized spacial score (nSPS) is 22.7. The fourth-order valence-corrected chi connectivity index (χ4v) is 3.14. The van der Waals surface area contributed by atoms with E-state index in [1.807, 2.05) is 6.92 Å². The van der Waals surface area contributed by atoms with Crippen LogP contribution in [0, 0.1) is 13.8 Å². The second kappa shape index (κ2) is 3.42. The van der Waals surface area contributed by atoms with Gasteiger partial charge in [-0.25, -0.2) is 0 Å². The molecule has 0 aliphatic carbocycles. The maximum absolute atomic E-state index is 12.0. The van der Waals surface area contributed by atoms with Crippen molar-refractivity contribution in [1.29, 1.82) is 0 Å². The Morgan fingerprint density at radius 1 is 1.24 bits per heavy atom. The molecule has 3 heteroatoms. The molecular formula is C14H15NO2. The molecule has 3 rings (SSSR count). The van der Waals surface area contributed by atoms with Crippen LogP contribution in [0.25, 0.3) is 0 Å². The molecule has 17 heavy (non-hydrogen) atoms. The molecule has 1 saturated heterocycles. The lowest BCUT2D eigenvalue weighted by Crippen LogP contribution is -2.36. The van der Waals surface area contributed by atoms with Crippen LogP contribution in [0.15, 0.2) is 12.1 Å². The Labute approximate surface area is 100 Å². The first-order chi connectivity index (χ1) is 8.08. The highest BCUT2D eigenvalue weighted by Gasteiger charge is 2.43. The van der Waals surface area contributed by atoms with Gasteiger partial charge < -0.3 is 4.90 Å². The van der Waals surface area contributed by atoms with Crippen LogP contribution in [0.1, 0.15) is 34.7 Å². The van der Waals surface area contributed by atoms with Crippen LogP contribution in [0.5, 0.6) is 0 Å². The Morgan fingerprint density at radius 3 is 2.76 bits per heavy atom. The van der Waals surface area contributed by atoms with Gasteiger partial charge in [0.2, 0.25) is 5.91 Å². The second-order valence-corrected chi connectivity index (χ2v) is 5.04. The summed E-state index contributed by atoms with van der Waals surface area (Å²) in [6, 6.07) is 3.94. The fourth-order valence-electron chi connectivity index (χ4n) is 3.14. The van der Waals surface area contributed by atoms with E-state index in [4.69, 9.17) is 0 Å². The van der Waals surface area contributed by atoms with Gasteiger partial charge in [0.1, 0.15) is 6.04 Å². The monoisotopic (exact) mass is 229 g/mol. The van der Waals surface area contributed by atoms with E-state index >= 15 is 0 Å². The number of amides is 1. The van der Waals surface area contributed by atoms with E-state index < -0.39 is 0 Å². The lowest BCUT2D eigenvalue weighted by molar-refractivity contribution is -0.129. The summed E-state index contributed by atoms with van der Waals surface area (Å²) >= 11 is 0. The molecule has 1 aromatic rings. The van der Waals surface area contributed by atoms with Crippen molar-refractivity contribution in [2.75, 3.05) is 6.54 Å². The van der Waals surface area contributed by atoms with Crippen molar-refractivity contribution < 1.29 is 9.59 Å². The number of carbonyl (C=O) groups is 2. The van der Waals surface area contributed by atoms with Crippen LogP contribution in [0.3, 0.4) is 0 Å². The van der Waals surface area contributed by atoms with E-state index in [1.165, 1.54) is 11.1 Å². The second-order valence-electron chi connectivity index (χ2n) is 5.04. The summed E-state index contributed by atoms with van der Waals surface area (Å²) in [5.41, 5.74) is 4.69. The average molecular weight is 229 g/mol. The van der Waals surface area contributed by atoms with Gasteiger partial charge in [-0.05, 0) is 37.0 Å². The summed E-state index contributed by atoms with van der Waals surface area (Å²) in [6.07, 6.45) is 0.949. The van der Waals surface area contributed by atoms with Gasteiger partial charge in [-0.15, -0.1) is 0 Å². The minimum Gasteiger partial charge on any atom is -0.328 e. The number of hydrogen-bond donors (Lipinski definition) is 0. The molecule has 1 aromatic carbocycles. The van der Waals surface area contributed by atoms with Crippen LogP contribution >= 0.6 is 0 Å². The van der Waals surface area contributed by atoms with Crippen molar-refractivity contribution in [1.82, 2.24) is 4.90 Å². The number of Topliss-reactive ketones (excluding diaryl/α,β-unsaturated/α-hetero) is 1. The molecule has 1 fully saturated rings. The van der Waals surface area contributed by atoms with Gasteiger partial charge in [-0.2, -0.15) is 0 Å². The number of ketones is 1. The van der Waals surface area contributed by atoms with Gasteiger partial charge in [0.25, 0.3) is 0 Å². The first kappa shape index (κ1) is 10.5. The summed E-state index contributed by atoms with van der Waals surface area (Å²) in [6.45, 7) is 4.79. The van der Waals surface area contributed by atoms with Crippen LogP contribution in [-0.2, 0) is 16.0 Å². The number of hydrogen-bond acceptors (Lipinski definition) is 2. The zero-order chi connectivity index (χ0) is 12.2. The molecule has 1 amide bonds. The third-order valence-electron chi connectivity index (χ3n) is 3.77. The SMILES string of the molecule is Cc1cc(C)c2c(c1)CCN1C(=O)CC(=O)C21. The van der Waals surface area contributed by atoms with Crippen LogP contribution in [0.4, 0.5) is 0 Å². The number of carbonyl (C=O) groups excluding carboxylic acids is 2. The highest BCUT2D eigenvalue weighted by atomic mass is 16.2. The van der Waals surface area contributed by atoms with Crippen molar-refractivity contribution >= 4 is 11.7 Å². The molecular weight excluding hydrogens is 214 g/mol. The first-order valence-electron chi connectivity index (χ1n) is 6.00. The van der Waals surface area contributed by atoms with Crippen molar-refractivity contribution in [2.24, 2.45) is 0 Å². The molecule has 1 atom stereocenters. The van der Waals surface area contributed by atoms with Gasteiger partial charge >= 0.3 is 0 Å². The maximum atomic E-state index is 12.0. The fraction of sp³-hybridized carbons (Fsp3) is 0.429. The number of fused-ring (bicyclic) bond motifs is 3. The minimum absolute atomic E-state index is 0.00868. The molecule has 0 bridgehead atoms. The maximum Gasteiger partial charge on any atom is 0.231 e. The van der Waals surface area contributed by atoms with Gasteiger partial charge in [0.05, 0.1) is 6.42 Å². The molecule has 3 nitrogen and oxygen atoms in total. The zero-order valence-electron chi connectivity index (χ0n) is 10.1. The number of nitrogens with zero attached hydrogens (tertiary/aromatic N) is 1. The first-order valence-corrected chi connectivity index (χ1v) is 6.00. The van der Waals surface area contributed by atoms with Crippen LogP contribution in [0.2, 0.25) is 0 Å². The summed E-state index contributed by atoms with van der Waals surface area (Å²) in [5, 5.41) is 0. The van der Waals surface area contributed by atoms with Crippen LogP contribution in [-0.4, -0.2) is 23.1 Å². The standard InChI is InChI=1S/C14H15NO2/c1-8-5-9(2)13-10(6-8)3-4-15-12(17)7-11(16)14(13)15/h5-6,14H,3-4,7H2,1-2H3. The predicted molar refractivity (Wildman–Crippen MR) is 63.7 cm³/mol. The summed E-state index contributed by atoms with van der Waals surface area (Å²) in [5.74, 6) is 0.0496. The number of rotatable bonds is 0. The Balaban J connectivity index is 2.19. The van der Waals surface area contributed by atoms with Crippen LogP contribution < -0.4 is 0 Å². The number of benzene rings is 1. The van der Waals surface area contributed by atoms with E-state index in [0.29, 0.717) is 6.54 Å². The van der Waals surface area contributed by atoms with Crippen molar-refractivity contribution in [3.8, 4) is 0 Å². The average Bonchev–Trinajstić information content (AvgIpc) is 2.53. The van der Waals surface area contributed by atoms with E-state index in [-0.39, 0.29) is 24.2 Å². The molecule has 0 aromatic heterocycles. The topological polar surface area (TPSA) is 37.4 Å². The molecule has 0 N–H and O–H groups in total. The third-order valence-corrected chi connectivity index (χ3v) is 3.77. The smallest absolute Gasteiger partial charge is 0.231 e. The molecule has 0 spiro atoms. The van der Waals surface area contributed by atoms with Gasteiger partial charge in [-0.1, -0.05) is 17.7 Å². The van der Waals surface area contributed by atoms with Gasteiger partial charge in [0, 0.05) is 6.54 Å². The molecule has 0 radical (unpaired) electrons. The van der Waals surface area contributed by atoms with E-state index in [9.17, 15) is 9.59 Å². The highest BCUT2D eigenvalue weighted by Crippen LogP contribution is 2.38. The molecule has 2 aliphatic heterocycles. The minimum atomic E-state index is -0.299. The van der Waals surface area contributed by atoms with Gasteiger partial charge in [-0.3, -0.25) is 9.59 Å².